The zero-order valence-corrected chi connectivity index (χ0v) is 19.7. The number of rotatable bonds is 11. The van der Waals surface area contributed by atoms with Crippen LogP contribution in [0.4, 0.5) is 0 Å². The van der Waals surface area contributed by atoms with Gasteiger partial charge in [-0.1, -0.05) is 97.4 Å². The van der Waals surface area contributed by atoms with Gasteiger partial charge in [0.1, 0.15) is 6.04 Å². The van der Waals surface area contributed by atoms with Crippen molar-refractivity contribution in [3.05, 3.63) is 107 Å². The van der Waals surface area contributed by atoms with E-state index in [9.17, 15) is 9.59 Å². The fourth-order valence-electron chi connectivity index (χ4n) is 3.85. The Balaban J connectivity index is 1.85. The van der Waals surface area contributed by atoms with Gasteiger partial charge >= 0.3 is 0 Å². The molecule has 4 heteroatoms. The molecule has 0 aliphatic heterocycles. The summed E-state index contributed by atoms with van der Waals surface area (Å²) in [5.74, 6) is -0.104. The molecule has 0 heterocycles. The van der Waals surface area contributed by atoms with E-state index >= 15 is 0 Å². The highest BCUT2D eigenvalue weighted by Gasteiger charge is 2.29. The molecule has 0 spiro atoms. The second-order valence-electron chi connectivity index (χ2n) is 8.49. The minimum absolute atomic E-state index is 0.00740. The van der Waals surface area contributed by atoms with Gasteiger partial charge in [-0.25, -0.2) is 0 Å². The molecule has 0 saturated carbocycles. The second-order valence-corrected chi connectivity index (χ2v) is 8.49. The molecular formula is C29H34N2O2. The van der Waals surface area contributed by atoms with Crippen molar-refractivity contribution in [1.82, 2.24) is 10.2 Å². The summed E-state index contributed by atoms with van der Waals surface area (Å²) in [6.07, 6.45) is 2.35. The Bertz CT molecular complexity index is 1000. The molecule has 3 aromatic rings. The number of carbonyl (C=O) groups is 2. The number of hydrogen-bond acceptors (Lipinski definition) is 2. The molecule has 1 unspecified atom stereocenters. The standard InChI is InChI=1S/C29H34N2O2/c1-3-20-30-29(33)27(21-25-10-6-4-7-11-25)31(22-26-12-8-5-9-13-26)28(32)19-18-24-16-14-23(2)15-17-24/h4-17,27H,3,18-22H2,1-2H3,(H,30,33). The summed E-state index contributed by atoms with van der Waals surface area (Å²) in [7, 11) is 0. The summed E-state index contributed by atoms with van der Waals surface area (Å²) in [4.78, 5) is 28.6. The maximum atomic E-state index is 13.5. The smallest absolute Gasteiger partial charge is 0.243 e. The topological polar surface area (TPSA) is 49.4 Å². The van der Waals surface area contributed by atoms with E-state index < -0.39 is 6.04 Å². The lowest BCUT2D eigenvalue weighted by atomic mass is 10.0. The molecule has 0 fully saturated rings. The molecule has 0 radical (unpaired) electrons. The summed E-state index contributed by atoms with van der Waals surface area (Å²) in [5.41, 5.74) is 4.39. The van der Waals surface area contributed by atoms with E-state index in [1.165, 1.54) is 5.56 Å². The fourth-order valence-corrected chi connectivity index (χ4v) is 3.85. The molecule has 33 heavy (non-hydrogen) atoms. The molecule has 0 bridgehead atoms. The second kappa shape index (κ2) is 12.6. The monoisotopic (exact) mass is 442 g/mol. The Kier molecular flexibility index (Phi) is 9.25. The van der Waals surface area contributed by atoms with Crippen LogP contribution in [0, 0.1) is 6.92 Å². The highest BCUT2D eigenvalue weighted by molar-refractivity contribution is 5.88. The van der Waals surface area contributed by atoms with Crippen molar-refractivity contribution in [2.45, 2.75) is 52.1 Å². The van der Waals surface area contributed by atoms with Gasteiger partial charge in [0.25, 0.3) is 0 Å². The van der Waals surface area contributed by atoms with E-state index in [0.29, 0.717) is 32.4 Å². The van der Waals surface area contributed by atoms with Crippen molar-refractivity contribution in [2.75, 3.05) is 6.54 Å². The number of nitrogens with one attached hydrogen (secondary N) is 1. The molecule has 0 aliphatic rings. The first-order chi connectivity index (χ1) is 16.1. The van der Waals surface area contributed by atoms with Gasteiger partial charge in [-0.2, -0.15) is 0 Å². The average molecular weight is 443 g/mol. The first kappa shape index (κ1) is 24.2. The lowest BCUT2D eigenvalue weighted by molar-refractivity contribution is -0.141. The van der Waals surface area contributed by atoms with Crippen molar-refractivity contribution < 1.29 is 9.59 Å². The van der Waals surface area contributed by atoms with Crippen LogP contribution in [0.5, 0.6) is 0 Å². The van der Waals surface area contributed by atoms with Crippen molar-refractivity contribution >= 4 is 11.8 Å². The van der Waals surface area contributed by atoms with Gasteiger partial charge in [-0.3, -0.25) is 9.59 Å². The minimum atomic E-state index is -0.565. The van der Waals surface area contributed by atoms with Crippen LogP contribution in [0.1, 0.15) is 42.0 Å². The number of aryl methyl sites for hydroxylation is 2. The predicted octanol–water partition coefficient (Wildman–Crippen LogP) is 5.09. The molecule has 2 amide bonds. The summed E-state index contributed by atoms with van der Waals surface area (Å²) in [5, 5.41) is 3.02. The Labute approximate surface area is 197 Å². The van der Waals surface area contributed by atoms with Crippen LogP contribution >= 0.6 is 0 Å². The number of amides is 2. The number of hydrogen-bond donors (Lipinski definition) is 1. The third-order valence-corrected chi connectivity index (χ3v) is 5.76. The lowest BCUT2D eigenvalue weighted by Crippen LogP contribution is -2.50. The Morgan fingerprint density at radius 3 is 2.03 bits per heavy atom. The van der Waals surface area contributed by atoms with Crippen LogP contribution in [0.15, 0.2) is 84.9 Å². The SMILES string of the molecule is CCCNC(=O)C(Cc1ccccc1)N(Cc1ccccc1)C(=O)CCc1ccc(C)cc1. The largest absolute Gasteiger partial charge is 0.354 e. The first-order valence-corrected chi connectivity index (χ1v) is 11.8. The quantitative estimate of drug-likeness (QED) is 0.449. The van der Waals surface area contributed by atoms with Crippen molar-refractivity contribution in [1.29, 1.82) is 0 Å². The van der Waals surface area contributed by atoms with E-state index in [1.807, 2.05) is 67.6 Å². The van der Waals surface area contributed by atoms with E-state index in [0.717, 1.165) is 23.1 Å². The van der Waals surface area contributed by atoms with Crippen LogP contribution in [0.2, 0.25) is 0 Å². The summed E-state index contributed by atoms with van der Waals surface area (Å²) in [6, 6.07) is 27.5. The Morgan fingerprint density at radius 2 is 1.42 bits per heavy atom. The number of carbonyl (C=O) groups excluding carboxylic acids is 2. The first-order valence-electron chi connectivity index (χ1n) is 11.8. The fraction of sp³-hybridized carbons (Fsp3) is 0.310. The summed E-state index contributed by atoms with van der Waals surface area (Å²) >= 11 is 0. The van der Waals surface area contributed by atoms with E-state index in [2.05, 4.69) is 36.5 Å². The molecule has 3 aromatic carbocycles. The Morgan fingerprint density at radius 1 is 0.818 bits per heavy atom. The predicted molar refractivity (Wildman–Crippen MR) is 134 cm³/mol. The van der Waals surface area contributed by atoms with Gasteiger partial charge in [0.2, 0.25) is 11.8 Å². The van der Waals surface area contributed by atoms with Crippen molar-refractivity contribution in [3.63, 3.8) is 0 Å². The van der Waals surface area contributed by atoms with Crippen LogP contribution in [-0.4, -0.2) is 29.3 Å². The molecule has 3 rings (SSSR count). The average Bonchev–Trinajstić information content (AvgIpc) is 2.85. The molecule has 1 atom stereocenters. The molecule has 0 aromatic heterocycles. The molecule has 1 N–H and O–H groups in total. The molecular weight excluding hydrogens is 408 g/mol. The molecule has 0 aliphatic carbocycles. The maximum Gasteiger partial charge on any atom is 0.243 e. The number of benzene rings is 3. The van der Waals surface area contributed by atoms with Gasteiger partial charge in [-0.05, 0) is 36.5 Å². The van der Waals surface area contributed by atoms with Crippen molar-refractivity contribution in [3.8, 4) is 0 Å². The van der Waals surface area contributed by atoms with Crippen LogP contribution in [0.25, 0.3) is 0 Å². The van der Waals surface area contributed by atoms with Gasteiger partial charge in [0.05, 0.1) is 0 Å². The number of nitrogens with zero attached hydrogens (tertiary/aromatic N) is 1. The van der Waals surface area contributed by atoms with Crippen LogP contribution in [-0.2, 0) is 29.0 Å². The third-order valence-electron chi connectivity index (χ3n) is 5.76. The van der Waals surface area contributed by atoms with Gasteiger partial charge in [0.15, 0.2) is 0 Å². The highest BCUT2D eigenvalue weighted by Crippen LogP contribution is 2.17. The molecule has 0 saturated heterocycles. The van der Waals surface area contributed by atoms with Gasteiger partial charge in [-0.15, -0.1) is 0 Å². The normalized spacial score (nSPS) is 11.6. The third kappa shape index (κ3) is 7.60. The van der Waals surface area contributed by atoms with E-state index in [4.69, 9.17) is 0 Å². The lowest BCUT2D eigenvalue weighted by Gasteiger charge is -2.31. The van der Waals surface area contributed by atoms with E-state index in [-0.39, 0.29) is 11.8 Å². The van der Waals surface area contributed by atoms with Crippen LogP contribution in [0.3, 0.4) is 0 Å². The summed E-state index contributed by atoms with van der Waals surface area (Å²) < 4.78 is 0. The summed E-state index contributed by atoms with van der Waals surface area (Å²) in [6.45, 7) is 5.09. The zero-order valence-electron chi connectivity index (χ0n) is 19.7. The van der Waals surface area contributed by atoms with Gasteiger partial charge in [0, 0.05) is 25.9 Å². The maximum absolute atomic E-state index is 13.5. The van der Waals surface area contributed by atoms with Gasteiger partial charge < -0.3 is 10.2 Å². The van der Waals surface area contributed by atoms with E-state index in [1.54, 1.807) is 4.90 Å². The molecule has 4 nitrogen and oxygen atoms in total. The zero-order chi connectivity index (χ0) is 23.5. The highest BCUT2D eigenvalue weighted by atomic mass is 16.2. The minimum Gasteiger partial charge on any atom is -0.354 e. The molecule has 172 valence electrons. The van der Waals surface area contributed by atoms with Crippen LogP contribution < -0.4 is 5.32 Å². The van der Waals surface area contributed by atoms with Crippen molar-refractivity contribution in [2.24, 2.45) is 0 Å². The Hall–Kier alpha value is -3.40.